The molecule has 0 fully saturated rings. The molecule has 6 nitrogen and oxygen atoms in total. The number of aryl methyl sites for hydroxylation is 1. The maximum absolute atomic E-state index is 12.9. The van der Waals surface area contributed by atoms with Gasteiger partial charge in [-0.2, -0.15) is 0 Å². The summed E-state index contributed by atoms with van der Waals surface area (Å²) in [5.41, 5.74) is 2.24. The highest BCUT2D eigenvalue weighted by molar-refractivity contribution is 6.11. The standard InChI is InChI=1S/C27H25N3O3/c1-2-3-9-18-14-15-24(31)23(16-18)29-30-25-21-13-8-7-10-19(21)17-22(26(25)32)27(33)28-20-11-5-4-6-12-20/h4-8,10-17,31-32H,2-3,9H2,1H3,(H,28,33). The number of carbonyl (C=O) groups is 1. The van der Waals surface area contributed by atoms with Crippen LogP contribution in [0, 0.1) is 0 Å². The minimum atomic E-state index is -0.453. The van der Waals surface area contributed by atoms with Gasteiger partial charge >= 0.3 is 0 Å². The third-order valence-corrected chi connectivity index (χ3v) is 5.39. The number of nitrogens with one attached hydrogen (secondary N) is 1. The molecule has 0 spiro atoms. The van der Waals surface area contributed by atoms with Gasteiger partial charge < -0.3 is 15.5 Å². The van der Waals surface area contributed by atoms with Crippen molar-refractivity contribution in [1.29, 1.82) is 0 Å². The molecule has 4 aromatic rings. The van der Waals surface area contributed by atoms with E-state index in [1.807, 2.05) is 42.5 Å². The Morgan fingerprint density at radius 2 is 1.67 bits per heavy atom. The van der Waals surface area contributed by atoms with E-state index in [-0.39, 0.29) is 22.7 Å². The first kappa shape index (κ1) is 22.0. The molecule has 0 aliphatic rings. The smallest absolute Gasteiger partial charge is 0.259 e. The second-order valence-corrected chi connectivity index (χ2v) is 7.79. The van der Waals surface area contributed by atoms with E-state index >= 15 is 0 Å². The molecule has 0 aliphatic heterocycles. The number of hydrogen-bond acceptors (Lipinski definition) is 5. The summed E-state index contributed by atoms with van der Waals surface area (Å²) in [6.07, 6.45) is 2.98. The highest BCUT2D eigenvalue weighted by Gasteiger charge is 2.18. The number of fused-ring (bicyclic) bond motifs is 1. The first-order valence-electron chi connectivity index (χ1n) is 10.9. The van der Waals surface area contributed by atoms with E-state index in [0.717, 1.165) is 30.2 Å². The van der Waals surface area contributed by atoms with Crippen molar-refractivity contribution >= 4 is 33.7 Å². The van der Waals surface area contributed by atoms with Gasteiger partial charge in [-0.3, -0.25) is 4.79 Å². The van der Waals surface area contributed by atoms with Crippen molar-refractivity contribution in [3.63, 3.8) is 0 Å². The van der Waals surface area contributed by atoms with Crippen LogP contribution in [0.25, 0.3) is 10.8 Å². The molecule has 3 N–H and O–H groups in total. The van der Waals surface area contributed by atoms with E-state index < -0.39 is 5.91 Å². The van der Waals surface area contributed by atoms with Gasteiger partial charge in [0.1, 0.15) is 17.1 Å². The van der Waals surface area contributed by atoms with Crippen molar-refractivity contribution in [3.8, 4) is 11.5 Å². The van der Waals surface area contributed by atoms with Crippen molar-refractivity contribution in [3.05, 3.63) is 90.0 Å². The van der Waals surface area contributed by atoms with Crippen LogP contribution in [0.2, 0.25) is 0 Å². The van der Waals surface area contributed by atoms with Crippen LogP contribution < -0.4 is 5.32 Å². The van der Waals surface area contributed by atoms with Gasteiger partial charge in [-0.1, -0.05) is 61.9 Å². The predicted octanol–water partition coefficient (Wildman–Crippen LogP) is 7.26. The fourth-order valence-corrected chi connectivity index (χ4v) is 3.60. The van der Waals surface area contributed by atoms with Crippen LogP contribution in [0.4, 0.5) is 17.1 Å². The third kappa shape index (κ3) is 5.01. The van der Waals surface area contributed by atoms with Gasteiger partial charge in [0.25, 0.3) is 5.91 Å². The highest BCUT2D eigenvalue weighted by Crippen LogP contribution is 2.40. The molecule has 0 saturated heterocycles. The van der Waals surface area contributed by atoms with Crippen LogP contribution in [0.1, 0.15) is 35.7 Å². The Morgan fingerprint density at radius 1 is 0.909 bits per heavy atom. The molecular formula is C27H25N3O3. The van der Waals surface area contributed by atoms with Crippen molar-refractivity contribution in [2.45, 2.75) is 26.2 Å². The molecule has 1 amide bonds. The number of para-hydroxylation sites is 1. The fourth-order valence-electron chi connectivity index (χ4n) is 3.60. The Kier molecular flexibility index (Phi) is 6.64. The lowest BCUT2D eigenvalue weighted by Crippen LogP contribution is -2.12. The summed E-state index contributed by atoms with van der Waals surface area (Å²) in [5, 5.41) is 33.9. The molecular weight excluding hydrogens is 414 g/mol. The lowest BCUT2D eigenvalue weighted by Gasteiger charge is -2.11. The number of nitrogens with zero attached hydrogens (tertiary/aromatic N) is 2. The topological polar surface area (TPSA) is 94.3 Å². The summed E-state index contributed by atoms with van der Waals surface area (Å²) < 4.78 is 0. The van der Waals surface area contributed by atoms with Crippen LogP contribution in [0.5, 0.6) is 11.5 Å². The SMILES string of the molecule is CCCCc1ccc(O)c(N=Nc2c(O)c(C(=O)Nc3ccccc3)cc3ccccc23)c1. The molecule has 0 aromatic heterocycles. The molecule has 4 rings (SSSR count). The molecule has 0 saturated carbocycles. The van der Waals surface area contributed by atoms with E-state index in [2.05, 4.69) is 22.5 Å². The molecule has 166 valence electrons. The Labute approximate surface area is 192 Å². The molecule has 0 heterocycles. The zero-order chi connectivity index (χ0) is 23.2. The molecule has 0 bridgehead atoms. The number of phenols is 2. The van der Waals surface area contributed by atoms with Crippen LogP contribution in [0.3, 0.4) is 0 Å². The number of hydrogen-bond donors (Lipinski definition) is 3. The Bertz CT molecular complexity index is 1320. The summed E-state index contributed by atoms with van der Waals surface area (Å²) in [6.45, 7) is 2.12. The van der Waals surface area contributed by atoms with Gasteiger partial charge in [0, 0.05) is 11.1 Å². The summed E-state index contributed by atoms with van der Waals surface area (Å²) in [5.74, 6) is -0.724. The van der Waals surface area contributed by atoms with Crippen molar-refractivity contribution in [2.24, 2.45) is 10.2 Å². The van der Waals surface area contributed by atoms with Crippen molar-refractivity contribution in [2.75, 3.05) is 5.32 Å². The fraction of sp³-hybridized carbons (Fsp3) is 0.148. The van der Waals surface area contributed by atoms with Gasteiger partial charge in [0.05, 0.1) is 5.56 Å². The van der Waals surface area contributed by atoms with Crippen LogP contribution in [0.15, 0.2) is 89.1 Å². The first-order valence-corrected chi connectivity index (χ1v) is 10.9. The second-order valence-electron chi connectivity index (χ2n) is 7.79. The number of anilines is 1. The molecule has 33 heavy (non-hydrogen) atoms. The number of amides is 1. The predicted molar refractivity (Wildman–Crippen MR) is 131 cm³/mol. The third-order valence-electron chi connectivity index (χ3n) is 5.39. The van der Waals surface area contributed by atoms with Gasteiger partial charge in [-0.15, -0.1) is 10.2 Å². The lowest BCUT2D eigenvalue weighted by molar-refractivity contribution is 0.102. The zero-order valence-electron chi connectivity index (χ0n) is 18.3. The van der Waals surface area contributed by atoms with E-state index in [1.54, 1.807) is 36.4 Å². The van der Waals surface area contributed by atoms with Gasteiger partial charge in [0.15, 0.2) is 5.75 Å². The normalized spacial score (nSPS) is 11.2. The van der Waals surface area contributed by atoms with Crippen LogP contribution >= 0.6 is 0 Å². The van der Waals surface area contributed by atoms with E-state index in [1.165, 1.54) is 0 Å². The second kappa shape index (κ2) is 9.96. The molecule has 0 unspecified atom stereocenters. The van der Waals surface area contributed by atoms with E-state index in [0.29, 0.717) is 16.8 Å². The lowest BCUT2D eigenvalue weighted by atomic mass is 10.0. The largest absolute Gasteiger partial charge is 0.506 e. The molecule has 0 atom stereocenters. The maximum atomic E-state index is 12.9. The first-order chi connectivity index (χ1) is 16.1. The molecule has 4 aromatic carbocycles. The number of unbranched alkanes of at least 4 members (excludes halogenated alkanes) is 1. The number of rotatable bonds is 7. The average Bonchev–Trinajstić information content (AvgIpc) is 2.83. The van der Waals surface area contributed by atoms with Gasteiger partial charge in [0.2, 0.25) is 0 Å². The zero-order valence-corrected chi connectivity index (χ0v) is 18.3. The van der Waals surface area contributed by atoms with E-state index in [9.17, 15) is 15.0 Å². The number of carbonyl (C=O) groups excluding carboxylic acids is 1. The molecule has 0 aliphatic carbocycles. The minimum Gasteiger partial charge on any atom is -0.506 e. The molecule has 6 heteroatoms. The van der Waals surface area contributed by atoms with Crippen molar-refractivity contribution < 1.29 is 15.0 Å². The van der Waals surface area contributed by atoms with Gasteiger partial charge in [-0.05, 0) is 54.1 Å². The number of phenolic OH excluding ortho intramolecular Hbond substituents is 2. The summed E-state index contributed by atoms with van der Waals surface area (Å²) in [4.78, 5) is 12.9. The summed E-state index contributed by atoms with van der Waals surface area (Å²) in [7, 11) is 0. The molecule has 0 radical (unpaired) electrons. The summed E-state index contributed by atoms with van der Waals surface area (Å²) >= 11 is 0. The Balaban J connectivity index is 1.74. The average molecular weight is 440 g/mol. The minimum absolute atomic E-state index is 0.000712. The number of azo groups is 1. The van der Waals surface area contributed by atoms with Crippen LogP contribution in [-0.2, 0) is 6.42 Å². The maximum Gasteiger partial charge on any atom is 0.259 e. The highest BCUT2D eigenvalue weighted by atomic mass is 16.3. The Hall–Kier alpha value is -4.19. The summed E-state index contributed by atoms with van der Waals surface area (Å²) in [6, 6.07) is 23.2. The quantitative estimate of drug-likeness (QED) is 0.264. The van der Waals surface area contributed by atoms with E-state index in [4.69, 9.17) is 0 Å². The van der Waals surface area contributed by atoms with Crippen LogP contribution in [-0.4, -0.2) is 16.1 Å². The van der Waals surface area contributed by atoms with Crippen molar-refractivity contribution in [1.82, 2.24) is 0 Å². The number of benzene rings is 4. The Morgan fingerprint density at radius 3 is 2.45 bits per heavy atom. The monoisotopic (exact) mass is 439 g/mol. The number of aromatic hydroxyl groups is 2. The van der Waals surface area contributed by atoms with Gasteiger partial charge in [-0.25, -0.2) is 0 Å².